The number of nitrogens with zero attached hydrogens (tertiary/aromatic N) is 2. The van der Waals surface area contributed by atoms with Gasteiger partial charge in [0.1, 0.15) is 5.76 Å². The highest BCUT2D eigenvalue weighted by atomic mass is 32.2. The maximum absolute atomic E-state index is 12.0. The maximum atomic E-state index is 12.0. The average molecular weight is 350 g/mol. The van der Waals surface area contributed by atoms with Crippen LogP contribution in [0.15, 0.2) is 22.7 Å². The molecule has 0 aliphatic rings. The quantitative estimate of drug-likeness (QED) is 0.797. The lowest BCUT2D eigenvalue weighted by atomic mass is 10.4. The van der Waals surface area contributed by atoms with Gasteiger partial charge in [-0.3, -0.25) is 9.59 Å². The van der Waals surface area contributed by atoms with Crippen LogP contribution in [-0.2, 0) is 23.2 Å². The Balaban J connectivity index is 1.72. The molecule has 0 radical (unpaired) electrons. The minimum atomic E-state index is -0.370. The molecule has 0 spiro atoms. The molecular weight excluding hydrogens is 328 g/mol. The number of hydrogen-bond acceptors (Lipinski definition) is 5. The monoisotopic (exact) mass is 350 g/mol. The molecule has 1 atom stereocenters. The molecule has 1 unspecified atom stereocenters. The van der Waals surface area contributed by atoms with E-state index < -0.39 is 0 Å². The average Bonchev–Trinajstić information content (AvgIpc) is 3.09. The highest BCUT2D eigenvalue weighted by molar-refractivity contribution is 8.01. The van der Waals surface area contributed by atoms with E-state index >= 15 is 0 Å². The van der Waals surface area contributed by atoms with Gasteiger partial charge in [0.25, 0.3) is 0 Å². The van der Waals surface area contributed by atoms with E-state index in [4.69, 9.17) is 4.52 Å². The molecule has 0 saturated carbocycles. The van der Waals surface area contributed by atoms with Crippen LogP contribution in [0.2, 0.25) is 0 Å². The van der Waals surface area contributed by atoms with E-state index in [9.17, 15) is 9.59 Å². The van der Waals surface area contributed by atoms with E-state index in [-0.39, 0.29) is 22.8 Å². The minimum Gasteiger partial charge on any atom is -0.360 e. The molecule has 0 aromatic carbocycles. The van der Waals surface area contributed by atoms with Crippen molar-refractivity contribution in [3.05, 3.63) is 35.3 Å². The molecule has 0 saturated heterocycles. The minimum absolute atomic E-state index is 0.101. The van der Waals surface area contributed by atoms with E-state index in [0.717, 1.165) is 11.4 Å². The molecule has 0 bridgehead atoms. The number of carbonyl (C=O) groups is 2. The molecular formula is C16H22N4O3S. The third-order valence-corrected chi connectivity index (χ3v) is 4.80. The van der Waals surface area contributed by atoms with E-state index in [0.29, 0.717) is 18.1 Å². The molecule has 2 aromatic heterocycles. The first-order valence-corrected chi connectivity index (χ1v) is 8.65. The van der Waals surface area contributed by atoms with Crippen LogP contribution in [0.25, 0.3) is 0 Å². The molecule has 8 heteroatoms. The number of aromatic nitrogens is 2. The summed E-state index contributed by atoms with van der Waals surface area (Å²) in [7, 11) is 1.96. The lowest BCUT2D eigenvalue weighted by molar-refractivity contribution is -0.118. The molecule has 2 rings (SSSR count). The van der Waals surface area contributed by atoms with E-state index in [1.54, 1.807) is 19.9 Å². The van der Waals surface area contributed by atoms with Gasteiger partial charge in [-0.15, -0.1) is 11.8 Å². The SMILES string of the molecule is Cc1cc(NC(=O)C(C)SCC(=O)NCc2ccc(C)n2C)no1. The standard InChI is InChI=1S/C16H22N4O3S/c1-10-5-6-13(20(10)4)8-17-15(21)9-24-12(3)16(22)18-14-7-11(2)23-19-14/h5-7,12H,8-9H2,1-4H3,(H,17,21)(H,18,19,22). The fourth-order valence-corrected chi connectivity index (χ4v) is 2.73. The summed E-state index contributed by atoms with van der Waals surface area (Å²) in [6.07, 6.45) is 0. The van der Waals surface area contributed by atoms with Crippen molar-refractivity contribution in [1.29, 1.82) is 0 Å². The number of anilines is 1. The fourth-order valence-electron chi connectivity index (χ4n) is 2.01. The number of aryl methyl sites for hydroxylation is 2. The van der Waals surface area contributed by atoms with Gasteiger partial charge in [0.15, 0.2) is 5.82 Å². The second kappa shape index (κ2) is 8.05. The molecule has 0 fully saturated rings. The molecule has 2 amide bonds. The van der Waals surface area contributed by atoms with Crippen LogP contribution >= 0.6 is 11.8 Å². The van der Waals surface area contributed by atoms with Crippen LogP contribution in [0.4, 0.5) is 5.82 Å². The predicted molar refractivity (Wildman–Crippen MR) is 93.8 cm³/mol. The topological polar surface area (TPSA) is 89.2 Å². The van der Waals surface area contributed by atoms with Gasteiger partial charge in [-0.25, -0.2) is 0 Å². The Bertz CT molecular complexity index is 723. The summed E-state index contributed by atoms with van der Waals surface area (Å²) in [6, 6.07) is 5.64. The van der Waals surface area contributed by atoms with Gasteiger partial charge in [0.2, 0.25) is 11.8 Å². The summed E-state index contributed by atoms with van der Waals surface area (Å²) in [6.45, 7) is 5.99. The number of carbonyl (C=O) groups excluding carboxylic acids is 2. The first-order valence-electron chi connectivity index (χ1n) is 7.60. The van der Waals surface area contributed by atoms with Crippen molar-refractivity contribution < 1.29 is 14.1 Å². The van der Waals surface area contributed by atoms with E-state index in [2.05, 4.69) is 15.8 Å². The number of rotatable bonds is 7. The zero-order chi connectivity index (χ0) is 17.7. The summed E-state index contributed by atoms with van der Waals surface area (Å²) in [5.41, 5.74) is 2.18. The van der Waals surface area contributed by atoms with Crippen LogP contribution in [0, 0.1) is 13.8 Å². The molecule has 130 valence electrons. The first-order chi connectivity index (χ1) is 11.4. The zero-order valence-electron chi connectivity index (χ0n) is 14.3. The summed E-state index contributed by atoms with van der Waals surface area (Å²) < 4.78 is 6.92. The molecule has 2 heterocycles. The Morgan fingerprint density at radius 2 is 2.12 bits per heavy atom. The van der Waals surface area contributed by atoms with Gasteiger partial charge in [0.05, 0.1) is 17.5 Å². The second-order valence-corrected chi connectivity index (χ2v) is 6.90. The van der Waals surface area contributed by atoms with Crippen molar-refractivity contribution in [2.75, 3.05) is 11.1 Å². The Labute approximate surface area is 145 Å². The first kappa shape index (κ1) is 18.1. The van der Waals surface area contributed by atoms with Crippen LogP contribution in [0.5, 0.6) is 0 Å². The molecule has 2 aromatic rings. The predicted octanol–water partition coefficient (Wildman–Crippen LogP) is 2.01. The number of nitrogens with one attached hydrogen (secondary N) is 2. The van der Waals surface area contributed by atoms with Crippen molar-refractivity contribution in [2.45, 2.75) is 32.6 Å². The molecule has 2 N–H and O–H groups in total. The third-order valence-electron chi connectivity index (χ3n) is 3.66. The van der Waals surface area contributed by atoms with Crippen molar-refractivity contribution in [3.8, 4) is 0 Å². The van der Waals surface area contributed by atoms with Gasteiger partial charge in [-0.1, -0.05) is 5.16 Å². The van der Waals surface area contributed by atoms with Gasteiger partial charge in [-0.2, -0.15) is 0 Å². The summed E-state index contributed by atoms with van der Waals surface area (Å²) in [5.74, 6) is 0.917. The Hall–Kier alpha value is -2.22. The number of hydrogen-bond donors (Lipinski definition) is 2. The van der Waals surface area contributed by atoms with E-state index in [1.807, 2.05) is 30.7 Å². The van der Waals surface area contributed by atoms with Crippen LogP contribution in [-0.4, -0.2) is 32.5 Å². The third kappa shape index (κ3) is 4.89. The molecule has 0 aliphatic carbocycles. The Morgan fingerprint density at radius 3 is 2.71 bits per heavy atom. The largest absolute Gasteiger partial charge is 0.360 e. The molecule has 24 heavy (non-hydrogen) atoms. The second-order valence-electron chi connectivity index (χ2n) is 5.57. The Kier molecular flexibility index (Phi) is 6.08. The Morgan fingerprint density at radius 1 is 1.38 bits per heavy atom. The van der Waals surface area contributed by atoms with Crippen molar-refractivity contribution in [3.63, 3.8) is 0 Å². The smallest absolute Gasteiger partial charge is 0.238 e. The zero-order valence-corrected chi connectivity index (χ0v) is 15.1. The van der Waals surface area contributed by atoms with Crippen molar-refractivity contribution in [2.24, 2.45) is 7.05 Å². The summed E-state index contributed by atoms with van der Waals surface area (Å²) in [5, 5.41) is 8.85. The molecule has 7 nitrogen and oxygen atoms in total. The lowest BCUT2D eigenvalue weighted by Crippen LogP contribution is -2.29. The van der Waals surface area contributed by atoms with Crippen LogP contribution in [0.1, 0.15) is 24.1 Å². The normalized spacial score (nSPS) is 12.0. The van der Waals surface area contributed by atoms with Crippen molar-refractivity contribution >= 4 is 29.4 Å². The number of amides is 2. The summed E-state index contributed by atoms with van der Waals surface area (Å²) >= 11 is 1.27. The maximum Gasteiger partial charge on any atom is 0.238 e. The van der Waals surface area contributed by atoms with Gasteiger partial charge in [-0.05, 0) is 32.9 Å². The van der Waals surface area contributed by atoms with Crippen LogP contribution < -0.4 is 10.6 Å². The van der Waals surface area contributed by atoms with Crippen molar-refractivity contribution in [1.82, 2.24) is 15.0 Å². The van der Waals surface area contributed by atoms with Crippen LogP contribution in [0.3, 0.4) is 0 Å². The molecule has 0 aliphatic heterocycles. The highest BCUT2D eigenvalue weighted by Gasteiger charge is 2.16. The fraction of sp³-hybridized carbons (Fsp3) is 0.438. The van der Waals surface area contributed by atoms with Gasteiger partial charge < -0.3 is 19.7 Å². The van der Waals surface area contributed by atoms with E-state index in [1.165, 1.54) is 11.8 Å². The lowest BCUT2D eigenvalue weighted by Gasteiger charge is -2.11. The van der Waals surface area contributed by atoms with Gasteiger partial charge >= 0.3 is 0 Å². The van der Waals surface area contributed by atoms with Gasteiger partial charge in [0, 0.05) is 24.5 Å². The summed E-state index contributed by atoms with van der Waals surface area (Å²) in [4.78, 5) is 23.9. The number of thioether (sulfide) groups is 1. The highest BCUT2D eigenvalue weighted by Crippen LogP contribution is 2.14.